The van der Waals surface area contributed by atoms with Crippen LogP contribution in [0.5, 0.6) is 0 Å². The molecule has 0 heterocycles. The van der Waals surface area contributed by atoms with Gasteiger partial charge in [0.2, 0.25) is 5.91 Å². The highest BCUT2D eigenvalue weighted by atomic mass is 79.9. The van der Waals surface area contributed by atoms with Crippen LogP contribution in [0.2, 0.25) is 0 Å². The summed E-state index contributed by atoms with van der Waals surface area (Å²) in [5.74, 6) is -0.854. The standard InChI is InChI=1S/C9H7BrFNO2/c1-5(14)12-9-3-7(10)8(11)2-6(9)4-13/h2-4H,1H3,(H,12,14). The van der Waals surface area contributed by atoms with Crippen molar-refractivity contribution >= 4 is 33.8 Å². The van der Waals surface area contributed by atoms with Gasteiger partial charge < -0.3 is 5.32 Å². The molecule has 0 bridgehead atoms. The van der Waals surface area contributed by atoms with E-state index in [-0.39, 0.29) is 15.9 Å². The highest BCUT2D eigenvalue weighted by Crippen LogP contribution is 2.23. The molecule has 1 amide bonds. The smallest absolute Gasteiger partial charge is 0.221 e. The zero-order valence-electron chi connectivity index (χ0n) is 7.30. The Hall–Kier alpha value is -1.23. The van der Waals surface area contributed by atoms with Gasteiger partial charge in [-0.05, 0) is 28.1 Å². The second-order valence-electron chi connectivity index (χ2n) is 2.65. The van der Waals surface area contributed by atoms with Crippen LogP contribution in [-0.2, 0) is 4.79 Å². The average Bonchev–Trinajstić information content (AvgIpc) is 2.10. The monoisotopic (exact) mass is 259 g/mol. The van der Waals surface area contributed by atoms with Crippen molar-refractivity contribution in [3.05, 3.63) is 28.0 Å². The number of aldehydes is 1. The summed E-state index contributed by atoms with van der Waals surface area (Å²) in [5.41, 5.74) is 0.404. The predicted molar refractivity (Wildman–Crippen MR) is 53.8 cm³/mol. The van der Waals surface area contributed by atoms with Crippen molar-refractivity contribution in [1.29, 1.82) is 0 Å². The Labute approximate surface area is 88.4 Å². The van der Waals surface area contributed by atoms with Crippen molar-refractivity contribution in [2.75, 3.05) is 5.32 Å². The number of halogens is 2. The molecule has 0 saturated heterocycles. The van der Waals surface area contributed by atoms with Crippen LogP contribution < -0.4 is 5.32 Å². The Bertz CT molecular complexity index is 393. The number of rotatable bonds is 2. The maximum absolute atomic E-state index is 13.0. The molecular weight excluding hydrogens is 253 g/mol. The molecular formula is C9H7BrFNO2. The molecule has 0 aromatic heterocycles. The molecule has 1 aromatic rings. The van der Waals surface area contributed by atoms with E-state index in [1.807, 2.05) is 0 Å². The molecule has 1 N–H and O–H groups in total. The van der Waals surface area contributed by atoms with Crippen LogP contribution >= 0.6 is 15.9 Å². The number of nitrogens with one attached hydrogen (secondary N) is 1. The van der Waals surface area contributed by atoms with E-state index >= 15 is 0 Å². The summed E-state index contributed by atoms with van der Waals surface area (Å²) >= 11 is 2.96. The van der Waals surface area contributed by atoms with Gasteiger partial charge in [-0.3, -0.25) is 9.59 Å². The third kappa shape index (κ3) is 2.38. The Balaban J connectivity index is 3.19. The summed E-state index contributed by atoms with van der Waals surface area (Å²) in [5, 5.41) is 2.43. The van der Waals surface area contributed by atoms with E-state index in [0.717, 1.165) is 6.07 Å². The number of hydrogen-bond donors (Lipinski definition) is 1. The minimum absolute atomic E-state index is 0.112. The molecule has 0 unspecified atom stereocenters. The van der Waals surface area contributed by atoms with Gasteiger partial charge >= 0.3 is 0 Å². The van der Waals surface area contributed by atoms with Crippen LogP contribution in [0.3, 0.4) is 0 Å². The molecule has 0 fully saturated rings. The SMILES string of the molecule is CC(=O)Nc1cc(Br)c(F)cc1C=O. The molecule has 14 heavy (non-hydrogen) atoms. The lowest BCUT2D eigenvalue weighted by Gasteiger charge is -2.06. The molecule has 1 rings (SSSR count). The first-order valence-electron chi connectivity index (χ1n) is 3.76. The summed E-state index contributed by atoms with van der Waals surface area (Å²) in [6.07, 6.45) is 0.487. The maximum Gasteiger partial charge on any atom is 0.221 e. The van der Waals surface area contributed by atoms with E-state index < -0.39 is 5.82 Å². The van der Waals surface area contributed by atoms with Crippen molar-refractivity contribution in [2.24, 2.45) is 0 Å². The van der Waals surface area contributed by atoms with Crippen molar-refractivity contribution in [3.8, 4) is 0 Å². The van der Waals surface area contributed by atoms with Gasteiger partial charge in [0.1, 0.15) is 5.82 Å². The molecule has 3 nitrogen and oxygen atoms in total. The van der Waals surface area contributed by atoms with Gasteiger partial charge in [0.25, 0.3) is 0 Å². The van der Waals surface area contributed by atoms with E-state index in [4.69, 9.17) is 0 Å². The van der Waals surface area contributed by atoms with Crippen molar-refractivity contribution in [3.63, 3.8) is 0 Å². The zero-order valence-corrected chi connectivity index (χ0v) is 8.89. The van der Waals surface area contributed by atoms with Gasteiger partial charge in [-0.25, -0.2) is 4.39 Å². The molecule has 0 atom stereocenters. The molecule has 0 aliphatic heterocycles. The van der Waals surface area contributed by atoms with Gasteiger partial charge in [0.15, 0.2) is 6.29 Å². The van der Waals surface area contributed by atoms with Gasteiger partial charge in [-0.1, -0.05) is 0 Å². The largest absolute Gasteiger partial charge is 0.326 e. The number of amides is 1. The second-order valence-corrected chi connectivity index (χ2v) is 3.51. The molecule has 5 heteroatoms. The minimum atomic E-state index is -0.541. The Kier molecular flexibility index (Phi) is 3.35. The van der Waals surface area contributed by atoms with Gasteiger partial charge in [0, 0.05) is 12.5 Å². The fraction of sp³-hybridized carbons (Fsp3) is 0.111. The number of carbonyl (C=O) groups is 2. The first-order chi connectivity index (χ1) is 6.54. The van der Waals surface area contributed by atoms with Crippen molar-refractivity contribution in [1.82, 2.24) is 0 Å². The number of carbonyl (C=O) groups excluding carboxylic acids is 2. The van der Waals surface area contributed by atoms with E-state index in [1.54, 1.807) is 0 Å². The van der Waals surface area contributed by atoms with E-state index in [9.17, 15) is 14.0 Å². The Morgan fingerprint density at radius 3 is 2.71 bits per heavy atom. The van der Waals surface area contributed by atoms with Crippen LogP contribution in [0.25, 0.3) is 0 Å². The molecule has 0 spiro atoms. The number of hydrogen-bond acceptors (Lipinski definition) is 2. The summed E-state index contributed by atoms with van der Waals surface area (Å²) in [4.78, 5) is 21.3. The maximum atomic E-state index is 13.0. The van der Waals surface area contributed by atoms with Gasteiger partial charge in [-0.2, -0.15) is 0 Å². The molecule has 1 aromatic carbocycles. The summed E-state index contributed by atoms with van der Waals surface area (Å²) in [7, 11) is 0. The minimum Gasteiger partial charge on any atom is -0.326 e. The number of benzene rings is 1. The molecule has 74 valence electrons. The third-order valence-corrected chi connectivity index (χ3v) is 2.14. The second kappa shape index (κ2) is 4.32. The average molecular weight is 260 g/mol. The zero-order chi connectivity index (χ0) is 10.7. The van der Waals surface area contributed by atoms with Gasteiger partial charge in [0.05, 0.1) is 10.2 Å². The first kappa shape index (κ1) is 10.8. The van der Waals surface area contributed by atoms with Crippen LogP contribution in [0, 0.1) is 5.82 Å². The Morgan fingerprint density at radius 2 is 2.21 bits per heavy atom. The summed E-state index contributed by atoms with van der Waals surface area (Å²) in [6.45, 7) is 1.31. The van der Waals surface area contributed by atoms with Crippen LogP contribution in [0.1, 0.15) is 17.3 Å². The fourth-order valence-corrected chi connectivity index (χ4v) is 1.30. The summed E-state index contributed by atoms with van der Waals surface area (Å²) in [6, 6.07) is 2.41. The normalized spacial score (nSPS) is 9.64. The highest BCUT2D eigenvalue weighted by molar-refractivity contribution is 9.10. The predicted octanol–water partition coefficient (Wildman–Crippen LogP) is 2.36. The molecule has 0 saturated carbocycles. The third-order valence-electron chi connectivity index (χ3n) is 1.53. The number of anilines is 1. The molecule has 0 aliphatic rings. The summed E-state index contributed by atoms with van der Waals surface area (Å²) < 4.78 is 13.2. The van der Waals surface area contributed by atoms with E-state index in [0.29, 0.717) is 12.0 Å². The quantitative estimate of drug-likeness (QED) is 0.829. The fourth-order valence-electron chi connectivity index (χ4n) is 0.958. The van der Waals surface area contributed by atoms with E-state index in [1.165, 1.54) is 13.0 Å². The Morgan fingerprint density at radius 1 is 1.57 bits per heavy atom. The molecule has 0 radical (unpaired) electrons. The van der Waals surface area contributed by atoms with Crippen molar-refractivity contribution < 1.29 is 14.0 Å². The lowest BCUT2D eigenvalue weighted by Crippen LogP contribution is -2.08. The van der Waals surface area contributed by atoms with E-state index in [2.05, 4.69) is 21.2 Å². The molecule has 0 aliphatic carbocycles. The van der Waals surface area contributed by atoms with Crippen molar-refractivity contribution in [2.45, 2.75) is 6.92 Å². The van der Waals surface area contributed by atoms with Crippen LogP contribution in [0.15, 0.2) is 16.6 Å². The van der Waals surface area contributed by atoms with Crippen LogP contribution in [-0.4, -0.2) is 12.2 Å². The lowest BCUT2D eigenvalue weighted by atomic mass is 10.2. The topological polar surface area (TPSA) is 46.2 Å². The van der Waals surface area contributed by atoms with Gasteiger partial charge in [-0.15, -0.1) is 0 Å². The lowest BCUT2D eigenvalue weighted by molar-refractivity contribution is -0.114. The van der Waals surface area contributed by atoms with Crippen LogP contribution in [0.4, 0.5) is 10.1 Å². The highest BCUT2D eigenvalue weighted by Gasteiger charge is 2.08. The first-order valence-corrected chi connectivity index (χ1v) is 4.55.